The standard InChI is InChI=1S/C22H36N4O2.HI/c1-23-22(24-10-13-26-11-3-2-4-12-26)25-17-19-6-5-7-20(16-19)18-28-21-8-14-27-15-9-21;/h5-7,16,21H,2-4,8-15,17-18H2,1H3,(H2,23,24,25);1H. The zero-order valence-corrected chi connectivity index (χ0v) is 20.0. The van der Waals surface area contributed by atoms with E-state index in [4.69, 9.17) is 9.47 Å². The molecule has 29 heavy (non-hydrogen) atoms. The Kier molecular flexibility index (Phi) is 11.9. The second kappa shape index (κ2) is 14.2. The molecule has 1 aromatic carbocycles. The van der Waals surface area contributed by atoms with Crippen molar-refractivity contribution >= 4 is 29.9 Å². The smallest absolute Gasteiger partial charge is 0.191 e. The lowest BCUT2D eigenvalue weighted by molar-refractivity contribution is -0.0390. The number of likely N-dealkylation sites (tertiary alicyclic amines) is 1. The van der Waals surface area contributed by atoms with Crippen molar-refractivity contribution in [3.05, 3.63) is 35.4 Å². The Hall–Kier alpha value is -0.900. The Morgan fingerprint density at radius 3 is 2.66 bits per heavy atom. The van der Waals surface area contributed by atoms with E-state index in [0.29, 0.717) is 12.7 Å². The Morgan fingerprint density at radius 2 is 1.90 bits per heavy atom. The third-order valence-corrected chi connectivity index (χ3v) is 5.50. The van der Waals surface area contributed by atoms with Gasteiger partial charge in [-0.25, -0.2) is 0 Å². The van der Waals surface area contributed by atoms with Gasteiger partial charge in [-0.1, -0.05) is 30.7 Å². The van der Waals surface area contributed by atoms with Gasteiger partial charge in [0.15, 0.2) is 5.96 Å². The predicted octanol–water partition coefficient (Wildman–Crippen LogP) is 3.15. The van der Waals surface area contributed by atoms with Gasteiger partial charge < -0.3 is 25.0 Å². The summed E-state index contributed by atoms with van der Waals surface area (Å²) < 4.78 is 11.4. The molecule has 0 amide bonds. The van der Waals surface area contributed by atoms with Crippen molar-refractivity contribution in [2.45, 2.75) is 51.4 Å². The van der Waals surface area contributed by atoms with Gasteiger partial charge in [0, 0.05) is 39.9 Å². The largest absolute Gasteiger partial charge is 0.381 e. The minimum absolute atomic E-state index is 0. The van der Waals surface area contributed by atoms with Crippen LogP contribution in [0.15, 0.2) is 29.3 Å². The summed E-state index contributed by atoms with van der Waals surface area (Å²) in [5.41, 5.74) is 2.46. The van der Waals surface area contributed by atoms with E-state index in [1.807, 2.05) is 7.05 Å². The highest BCUT2D eigenvalue weighted by Gasteiger charge is 2.14. The van der Waals surface area contributed by atoms with Crippen molar-refractivity contribution in [1.29, 1.82) is 0 Å². The Bertz CT molecular complexity index is 602. The van der Waals surface area contributed by atoms with Gasteiger partial charge in [0.25, 0.3) is 0 Å². The zero-order chi connectivity index (χ0) is 19.4. The molecule has 0 spiro atoms. The van der Waals surface area contributed by atoms with Crippen LogP contribution in [-0.2, 0) is 22.6 Å². The van der Waals surface area contributed by atoms with E-state index in [-0.39, 0.29) is 24.0 Å². The molecule has 6 nitrogen and oxygen atoms in total. The molecule has 2 heterocycles. The quantitative estimate of drug-likeness (QED) is 0.316. The van der Waals surface area contributed by atoms with E-state index in [0.717, 1.165) is 51.6 Å². The monoisotopic (exact) mass is 516 g/mol. The Morgan fingerprint density at radius 1 is 1.14 bits per heavy atom. The molecule has 2 N–H and O–H groups in total. The van der Waals surface area contributed by atoms with Crippen LogP contribution in [0.5, 0.6) is 0 Å². The van der Waals surface area contributed by atoms with Gasteiger partial charge in [-0.15, -0.1) is 24.0 Å². The first-order valence-corrected chi connectivity index (χ1v) is 10.8. The van der Waals surface area contributed by atoms with Crippen LogP contribution in [0.4, 0.5) is 0 Å². The summed E-state index contributed by atoms with van der Waals surface area (Å²) in [6.07, 6.45) is 6.38. The van der Waals surface area contributed by atoms with Crippen LogP contribution in [0.25, 0.3) is 0 Å². The lowest BCUT2D eigenvalue weighted by Gasteiger charge is -2.26. The second-order valence-corrected chi connectivity index (χ2v) is 7.70. The molecule has 2 aliphatic heterocycles. The van der Waals surface area contributed by atoms with E-state index in [9.17, 15) is 0 Å². The Labute approximate surface area is 192 Å². The van der Waals surface area contributed by atoms with E-state index >= 15 is 0 Å². The van der Waals surface area contributed by atoms with Gasteiger partial charge in [0.2, 0.25) is 0 Å². The molecule has 2 saturated heterocycles. The molecule has 2 aliphatic rings. The number of aliphatic imine (C=N–C) groups is 1. The van der Waals surface area contributed by atoms with E-state index in [1.54, 1.807) is 0 Å². The Balaban J connectivity index is 0.00000300. The summed E-state index contributed by atoms with van der Waals surface area (Å²) in [6, 6.07) is 8.60. The second-order valence-electron chi connectivity index (χ2n) is 7.70. The molecule has 1 aromatic rings. The summed E-state index contributed by atoms with van der Waals surface area (Å²) in [7, 11) is 1.83. The molecule has 0 unspecified atom stereocenters. The van der Waals surface area contributed by atoms with Crippen molar-refractivity contribution in [1.82, 2.24) is 15.5 Å². The number of benzene rings is 1. The third kappa shape index (κ3) is 9.19. The van der Waals surface area contributed by atoms with Crippen LogP contribution in [0.3, 0.4) is 0 Å². The number of nitrogens with one attached hydrogen (secondary N) is 2. The van der Waals surface area contributed by atoms with Crippen molar-refractivity contribution in [2.24, 2.45) is 4.99 Å². The fourth-order valence-electron chi connectivity index (χ4n) is 3.81. The summed E-state index contributed by atoms with van der Waals surface area (Å²) in [4.78, 5) is 6.88. The van der Waals surface area contributed by atoms with Gasteiger partial charge in [0.05, 0.1) is 12.7 Å². The predicted molar refractivity (Wildman–Crippen MR) is 129 cm³/mol. The van der Waals surface area contributed by atoms with Crippen LogP contribution in [0, 0.1) is 0 Å². The first-order chi connectivity index (χ1) is 13.8. The summed E-state index contributed by atoms with van der Waals surface area (Å²) in [5.74, 6) is 0.862. The average Bonchev–Trinajstić information content (AvgIpc) is 2.76. The van der Waals surface area contributed by atoms with E-state index in [2.05, 4.69) is 44.8 Å². The van der Waals surface area contributed by atoms with Gasteiger partial charge in [-0.05, 0) is 49.9 Å². The molecule has 7 heteroatoms. The van der Waals surface area contributed by atoms with Crippen molar-refractivity contribution in [3.63, 3.8) is 0 Å². The molecule has 0 radical (unpaired) electrons. The van der Waals surface area contributed by atoms with Gasteiger partial charge >= 0.3 is 0 Å². The molecule has 0 saturated carbocycles. The molecular weight excluding hydrogens is 479 g/mol. The maximum Gasteiger partial charge on any atom is 0.191 e. The first-order valence-electron chi connectivity index (χ1n) is 10.8. The summed E-state index contributed by atoms with van der Waals surface area (Å²) in [6.45, 7) is 7.54. The molecule has 2 fully saturated rings. The lowest BCUT2D eigenvalue weighted by Crippen LogP contribution is -2.42. The highest BCUT2D eigenvalue weighted by molar-refractivity contribution is 14.0. The van der Waals surface area contributed by atoms with E-state index < -0.39 is 0 Å². The van der Waals surface area contributed by atoms with Crippen molar-refractivity contribution < 1.29 is 9.47 Å². The molecule has 164 valence electrons. The number of piperidine rings is 1. The van der Waals surface area contributed by atoms with Crippen LogP contribution >= 0.6 is 24.0 Å². The van der Waals surface area contributed by atoms with E-state index in [1.165, 1.54) is 43.5 Å². The van der Waals surface area contributed by atoms with Crippen molar-refractivity contribution in [2.75, 3.05) is 46.4 Å². The number of rotatable bonds is 8. The molecular formula is C22H37IN4O2. The number of ether oxygens (including phenoxy) is 2. The maximum atomic E-state index is 6.04. The third-order valence-electron chi connectivity index (χ3n) is 5.50. The number of guanidine groups is 1. The van der Waals surface area contributed by atoms with Gasteiger partial charge in [-0.3, -0.25) is 4.99 Å². The lowest BCUT2D eigenvalue weighted by atomic mass is 10.1. The minimum atomic E-state index is 0. The van der Waals surface area contributed by atoms with Crippen molar-refractivity contribution in [3.8, 4) is 0 Å². The van der Waals surface area contributed by atoms with Gasteiger partial charge in [-0.2, -0.15) is 0 Å². The van der Waals surface area contributed by atoms with Gasteiger partial charge in [0.1, 0.15) is 0 Å². The van der Waals surface area contributed by atoms with Crippen LogP contribution in [0.1, 0.15) is 43.2 Å². The molecule has 0 atom stereocenters. The average molecular weight is 516 g/mol. The summed E-state index contributed by atoms with van der Waals surface area (Å²) >= 11 is 0. The number of halogens is 1. The fourth-order valence-corrected chi connectivity index (χ4v) is 3.81. The molecule has 3 rings (SSSR count). The maximum absolute atomic E-state index is 6.04. The fraction of sp³-hybridized carbons (Fsp3) is 0.682. The van der Waals surface area contributed by atoms with Crippen LogP contribution < -0.4 is 10.6 Å². The molecule has 0 aliphatic carbocycles. The topological polar surface area (TPSA) is 58.1 Å². The van der Waals surface area contributed by atoms with Crippen LogP contribution in [-0.4, -0.2) is 63.4 Å². The number of hydrogen-bond donors (Lipinski definition) is 2. The summed E-state index contributed by atoms with van der Waals surface area (Å²) in [5, 5.41) is 6.85. The molecule has 0 bridgehead atoms. The van der Waals surface area contributed by atoms with Crippen LogP contribution in [0.2, 0.25) is 0 Å². The SMILES string of the molecule is CN=C(NCCN1CCCCC1)NCc1cccc(COC2CCOCC2)c1.I. The minimum Gasteiger partial charge on any atom is -0.381 e. The molecule has 0 aromatic heterocycles. The number of nitrogens with zero attached hydrogens (tertiary/aromatic N) is 2. The first kappa shape index (κ1) is 24.4. The highest BCUT2D eigenvalue weighted by atomic mass is 127. The number of hydrogen-bond acceptors (Lipinski definition) is 4. The normalized spacial score (nSPS) is 18.9. The zero-order valence-electron chi connectivity index (χ0n) is 17.7. The highest BCUT2D eigenvalue weighted by Crippen LogP contribution is 2.14.